The van der Waals surface area contributed by atoms with Crippen LogP contribution in [0.15, 0.2) is 65.2 Å². The van der Waals surface area contributed by atoms with Gasteiger partial charge in [0.05, 0.1) is 12.1 Å². The van der Waals surface area contributed by atoms with Crippen LogP contribution < -0.4 is 15.5 Å². The van der Waals surface area contributed by atoms with Crippen molar-refractivity contribution in [3.8, 4) is 0 Å². The van der Waals surface area contributed by atoms with Crippen molar-refractivity contribution >= 4 is 11.7 Å². The van der Waals surface area contributed by atoms with Crippen molar-refractivity contribution in [2.45, 2.75) is 19.5 Å². The minimum absolute atomic E-state index is 0.146. The normalized spacial score (nSPS) is 16.8. The molecule has 4 rings (SSSR count). The van der Waals surface area contributed by atoms with Crippen LogP contribution in [-0.4, -0.2) is 30.5 Å². The van der Waals surface area contributed by atoms with E-state index in [-0.39, 0.29) is 11.9 Å². The number of rotatable bonds is 5. The molecule has 0 radical (unpaired) electrons. The first-order chi connectivity index (χ1) is 13.7. The van der Waals surface area contributed by atoms with Gasteiger partial charge in [0.2, 0.25) is 0 Å². The van der Waals surface area contributed by atoms with Crippen LogP contribution in [0.2, 0.25) is 0 Å². The molecular formula is C22H24N4O2. The molecule has 6 heteroatoms. The second-order valence-corrected chi connectivity index (χ2v) is 6.93. The summed E-state index contributed by atoms with van der Waals surface area (Å²) < 4.78 is 5.53. The number of hydrogen-bond donors (Lipinski definition) is 2. The zero-order chi connectivity index (χ0) is 19.3. The Hall–Kier alpha value is -3.12. The van der Waals surface area contributed by atoms with Crippen molar-refractivity contribution in [1.29, 1.82) is 0 Å². The summed E-state index contributed by atoms with van der Waals surface area (Å²) in [5.74, 6) is 2.15. The largest absolute Gasteiger partial charge is 0.465 e. The highest BCUT2D eigenvalue weighted by Crippen LogP contribution is 2.24. The van der Waals surface area contributed by atoms with Gasteiger partial charge in [0, 0.05) is 31.9 Å². The number of anilines is 1. The number of carbonyl (C=O) groups excluding carboxylic acids is 1. The van der Waals surface area contributed by atoms with Gasteiger partial charge in [-0.05, 0) is 36.8 Å². The maximum atomic E-state index is 12.8. The lowest BCUT2D eigenvalue weighted by Gasteiger charge is -2.35. The maximum absolute atomic E-state index is 12.8. The number of pyridine rings is 1. The number of furan rings is 1. The molecule has 0 spiro atoms. The van der Waals surface area contributed by atoms with Crippen molar-refractivity contribution in [3.05, 3.63) is 83.4 Å². The van der Waals surface area contributed by atoms with Gasteiger partial charge >= 0.3 is 0 Å². The Morgan fingerprint density at radius 1 is 1.21 bits per heavy atom. The van der Waals surface area contributed by atoms with E-state index >= 15 is 0 Å². The lowest BCUT2D eigenvalue weighted by Crippen LogP contribution is -2.46. The number of carbonyl (C=O) groups is 1. The van der Waals surface area contributed by atoms with Crippen LogP contribution in [0.1, 0.15) is 33.5 Å². The van der Waals surface area contributed by atoms with Crippen LogP contribution in [0.25, 0.3) is 0 Å². The Morgan fingerprint density at radius 2 is 2.07 bits per heavy atom. The topological polar surface area (TPSA) is 70.4 Å². The number of nitrogens with one attached hydrogen (secondary N) is 2. The summed E-state index contributed by atoms with van der Waals surface area (Å²) in [6, 6.07) is 18.0. The standard InChI is InChI=1S/C22H24N4O2/c1-16-9-10-18(28-16)14-25-22(27)19-8-5-11-24-21(19)26-13-12-23-20(15-26)17-6-3-2-4-7-17/h2-11,20,23H,12-15H2,1H3,(H,25,27)/t20-/m1/s1. The molecule has 0 bridgehead atoms. The zero-order valence-corrected chi connectivity index (χ0v) is 15.9. The van der Waals surface area contributed by atoms with Gasteiger partial charge in [-0.1, -0.05) is 30.3 Å². The van der Waals surface area contributed by atoms with Crippen LogP contribution in [0.5, 0.6) is 0 Å². The number of aryl methyl sites for hydroxylation is 1. The van der Waals surface area contributed by atoms with Gasteiger partial charge in [0.1, 0.15) is 17.3 Å². The second-order valence-electron chi connectivity index (χ2n) is 6.93. The third kappa shape index (κ3) is 4.07. The van der Waals surface area contributed by atoms with E-state index < -0.39 is 0 Å². The molecule has 1 saturated heterocycles. The van der Waals surface area contributed by atoms with E-state index in [0.717, 1.165) is 37.0 Å². The molecular weight excluding hydrogens is 352 g/mol. The van der Waals surface area contributed by atoms with E-state index in [1.54, 1.807) is 12.3 Å². The molecule has 3 heterocycles. The molecule has 1 fully saturated rings. The molecule has 144 valence electrons. The van der Waals surface area contributed by atoms with Crippen LogP contribution in [0, 0.1) is 6.92 Å². The minimum Gasteiger partial charge on any atom is -0.465 e. The highest BCUT2D eigenvalue weighted by atomic mass is 16.3. The number of benzene rings is 1. The second kappa shape index (κ2) is 8.27. The summed E-state index contributed by atoms with van der Waals surface area (Å²) in [6.07, 6.45) is 1.74. The molecule has 1 amide bonds. The average Bonchev–Trinajstić information content (AvgIpc) is 3.18. The van der Waals surface area contributed by atoms with Crippen molar-refractivity contribution < 1.29 is 9.21 Å². The lowest BCUT2D eigenvalue weighted by molar-refractivity contribution is 0.0948. The van der Waals surface area contributed by atoms with Gasteiger partial charge in [-0.15, -0.1) is 0 Å². The predicted octanol–water partition coefficient (Wildman–Crippen LogP) is 3.06. The van der Waals surface area contributed by atoms with Crippen molar-refractivity contribution in [3.63, 3.8) is 0 Å². The Labute approximate surface area is 164 Å². The fraction of sp³-hybridized carbons (Fsp3) is 0.273. The van der Waals surface area contributed by atoms with E-state index in [1.807, 2.05) is 43.3 Å². The molecule has 0 saturated carbocycles. The first kappa shape index (κ1) is 18.3. The number of piperazine rings is 1. The number of amides is 1. The number of nitrogens with zero attached hydrogens (tertiary/aromatic N) is 2. The molecule has 3 aromatic rings. The number of hydrogen-bond acceptors (Lipinski definition) is 5. The molecule has 0 unspecified atom stereocenters. The summed E-state index contributed by atoms with van der Waals surface area (Å²) in [5.41, 5.74) is 1.82. The van der Waals surface area contributed by atoms with Crippen LogP contribution in [0.3, 0.4) is 0 Å². The Morgan fingerprint density at radius 3 is 2.86 bits per heavy atom. The molecule has 1 aromatic carbocycles. The molecule has 1 aliphatic rings. The van der Waals surface area contributed by atoms with Crippen molar-refractivity contribution in [2.75, 3.05) is 24.5 Å². The third-order valence-corrected chi connectivity index (χ3v) is 4.93. The molecule has 1 atom stereocenters. The third-order valence-electron chi connectivity index (χ3n) is 4.93. The van der Waals surface area contributed by atoms with Gasteiger partial charge in [0.25, 0.3) is 5.91 Å². The van der Waals surface area contributed by atoms with Crippen molar-refractivity contribution in [2.24, 2.45) is 0 Å². The monoisotopic (exact) mass is 376 g/mol. The van der Waals surface area contributed by atoms with Gasteiger partial charge in [-0.2, -0.15) is 0 Å². The summed E-state index contributed by atoms with van der Waals surface area (Å²) in [4.78, 5) is 19.5. The fourth-order valence-corrected chi connectivity index (χ4v) is 3.52. The van der Waals surface area contributed by atoms with Crippen LogP contribution >= 0.6 is 0 Å². The molecule has 28 heavy (non-hydrogen) atoms. The van der Waals surface area contributed by atoms with Crippen LogP contribution in [0.4, 0.5) is 5.82 Å². The molecule has 2 aromatic heterocycles. The van der Waals surface area contributed by atoms with E-state index in [4.69, 9.17) is 4.42 Å². The zero-order valence-electron chi connectivity index (χ0n) is 15.9. The van der Waals surface area contributed by atoms with Gasteiger partial charge < -0.3 is 20.0 Å². The smallest absolute Gasteiger partial charge is 0.255 e. The molecule has 2 N–H and O–H groups in total. The van der Waals surface area contributed by atoms with Gasteiger partial charge in [-0.3, -0.25) is 4.79 Å². The predicted molar refractivity (Wildman–Crippen MR) is 108 cm³/mol. The van der Waals surface area contributed by atoms with E-state index in [2.05, 4.69) is 32.7 Å². The molecule has 6 nitrogen and oxygen atoms in total. The first-order valence-electron chi connectivity index (χ1n) is 9.52. The summed E-state index contributed by atoms with van der Waals surface area (Å²) in [7, 11) is 0. The minimum atomic E-state index is -0.146. The first-order valence-corrected chi connectivity index (χ1v) is 9.52. The summed E-state index contributed by atoms with van der Waals surface area (Å²) in [6.45, 7) is 4.65. The molecule has 0 aliphatic carbocycles. The Bertz CT molecular complexity index is 938. The van der Waals surface area contributed by atoms with E-state index in [1.165, 1.54) is 5.56 Å². The lowest BCUT2D eigenvalue weighted by atomic mass is 10.0. The van der Waals surface area contributed by atoms with Crippen molar-refractivity contribution in [1.82, 2.24) is 15.6 Å². The summed E-state index contributed by atoms with van der Waals surface area (Å²) >= 11 is 0. The highest BCUT2D eigenvalue weighted by Gasteiger charge is 2.25. The Balaban J connectivity index is 1.49. The summed E-state index contributed by atoms with van der Waals surface area (Å²) in [5, 5.41) is 6.49. The van der Waals surface area contributed by atoms with Crippen LogP contribution in [-0.2, 0) is 6.54 Å². The highest BCUT2D eigenvalue weighted by molar-refractivity contribution is 5.98. The van der Waals surface area contributed by atoms with E-state index in [9.17, 15) is 4.79 Å². The Kier molecular flexibility index (Phi) is 5.39. The van der Waals surface area contributed by atoms with Gasteiger partial charge in [0.15, 0.2) is 0 Å². The average molecular weight is 376 g/mol. The molecule has 1 aliphatic heterocycles. The fourth-order valence-electron chi connectivity index (χ4n) is 3.52. The quantitative estimate of drug-likeness (QED) is 0.716. The number of aromatic nitrogens is 1. The SMILES string of the molecule is Cc1ccc(CNC(=O)c2cccnc2N2CCN[C@@H](c3ccccc3)C2)o1. The van der Waals surface area contributed by atoms with E-state index in [0.29, 0.717) is 12.1 Å². The van der Waals surface area contributed by atoms with Gasteiger partial charge in [-0.25, -0.2) is 4.98 Å². The maximum Gasteiger partial charge on any atom is 0.255 e.